The van der Waals surface area contributed by atoms with E-state index in [9.17, 15) is 0 Å². The number of nitrogens with one attached hydrogen (secondary N) is 1. The second-order valence-corrected chi connectivity index (χ2v) is 5.61. The Labute approximate surface area is 123 Å². The van der Waals surface area contributed by atoms with Crippen molar-refractivity contribution in [1.82, 2.24) is 10.3 Å². The number of aryl methyl sites for hydroxylation is 1. The predicted molar refractivity (Wildman–Crippen MR) is 80.4 cm³/mol. The molecule has 0 aliphatic heterocycles. The highest BCUT2D eigenvalue weighted by Gasteiger charge is 2.20. The number of nitrogens with zero attached hydrogens (tertiary/aromatic N) is 1. The van der Waals surface area contributed by atoms with Crippen LogP contribution in [0.5, 0.6) is 11.6 Å². The van der Waals surface area contributed by atoms with Gasteiger partial charge in [-0.1, -0.05) is 29.3 Å². The Balaban J connectivity index is 1.68. The van der Waals surface area contributed by atoms with Crippen molar-refractivity contribution in [2.24, 2.45) is 0 Å². The van der Waals surface area contributed by atoms with Crippen LogP contribution in [0.15, 0.2) is 36.5 Å². The third-order valence-electron chi connectivity index (χ3n) is 3.27. The van der Waals surface area contributed by atoms with Crippen molar-refractivity contribution in [3.8, 4) is 11.6 Å². The van der Waals surface area contributed by atoms with Crippen LogP contribution < -0.4 is 10.1 Å². The van der Waals surface area contributed by atoms with Gasteiger partial charge < -0.3 is 10.1 Å². The number of aromatic nitrogens is 1. The molecule has 3 rings (SSSR count). The molecular formula is C16H17ClN2O. The first kappa shape index (κ1) is 13.4. The minimum absolute atomic E-state index is 0.450. The molecule has 0 amide bonds. The van der Waals surface area contributed by atoms with Crippen molar-refractivity contribution >= 4 is 11.6 Å². The zero-order chi connectivity index (χ0) is 13.9. The molecule has 0 radical (unpaired) electrons. The predicted octanol–water partition coefficient (Wildman–Crippen LogP) is 4.09. The Morgan fingerprint density at radius 3 is 2.70 bits per heavy atom. The zero-order valence-electron chi connectivity index (χ0n) is 11.4. The summed E-state index contributed by atoms with van der Waals surface area (Å²) in [6.45, 7) is 2.85. The molecule has 0 spiro atoms. The SMILES string of the molecule is Cc1ccc(Oc2ncc(CNC3CC3)cc2Cl)cc1. The largest absolute Gasteiger partial charge is 0.438 e. The number of hydrogen-bond donors (Lipinski definition) is 1. The maximum Gasteiger partial charge on any atom is 0.238 e. The Kier molecular flexibility index (Phi) is 3.90. The molecule has 4 heteroatoms. The van der Waals surface area contributed by atoms with Gasteiger partial charge in [0.15, 0.2) is 0 Å². The molecule has 0 atom stereocenters. The maximum absolute atomic E-state index is 6.23. The third kappa shape index (κ3) is 3.50. The van der Waals surface area contributed by atoms with Crippen molar-refractivity contribution in [1.29, 1.82) is 0 Å². The number of benzene rings is 1. The van der Waals surface area contributed by atoms with E-state index in [-0.39, 0.29) is 0 Å². The van der Waals surface area contributed by atoms with Gasteiger partial charge in [0.05, 0.1) is 0 Å². The van der Waals surface area contributed by atoms with Crippen molar-refractivity contribution < 1.29 is 4.74 Å². The van der Waals surface area contributed by atoms with Gasteiger partial charge in [-0.25, -0.2) is 4.98 Å². The molecule has 104 valence electrons. The summed E-state index contributed by atoms with van der Waals surface area (Å²) in [6, 6.07) is 10.4. The summed E-state index contributed by atoms with van der Waals surface area (Å²) in [5.41, 5.74) is 2.27. The fourth-order valence-corrected chi connectivity index (χ4v) is 2.13. The van der Waals surface area contributed by atoms with E-state index in [1.165, 1.54) is 18.4 Å². The molecule has 0 saturated heterocycles. The molecule has 1 fully saturated rings. The smallest absolute Gasteiger partial charge is 0.238 e. The Hall–Kier alpha value is -1.58. The lowest BCUT2D eigenvalue weighted by atomic mass is 10.2. The molecule has 1 saturated carbocycles. The van der Waals surface area contributed by atoms with Crippen LogP contribution in [0.3, 0.4) is 0 Å². The van der Waals surface area contributed by atoms with E-state index in [1.54, 1.807) is 0 Å². The molecule has 1 aliphatic carbocycles. The minimum Gasteiger partial charge on any atom is -0.438 e. The molecule has 0 bridgehead atoms. The summed E-state index contributed by atoms with van der Waals surface area (Å²) in [4.78, 5) is 4.30. The molecule has 1 aromatic heterocycles. The number of halogens is 1. The summed E-state index contributed by atoms with van der Waals surface area (Å²) in [6.07, 6.45) is 4.36. The number of hydrogen-bond acceptors (Lipinski definition) is 3. The van der Waals surface area contributed by atoms with Crippen molar-refractivity contribution in [3.05, 3.63) is 52.7 Å². The standard InChI is InChI=1S/C16H17ClN2O/c1-11-2-6-14(7-3-11)20-16-15(17)8-12(10-19-16)9-18-13-4-5-13/h2-3,6-8,10,13,18H,4-5,9H2,1H3. The summed E-state index contributed by atoms with van der Waals surface area (Å²) in [5, 5.41) is 3.98. The highest BCUT2D eigenvalue weighted by Crippen LogP contribution is 2.28. The van der Waals surface area contributed by atoms with Crippen molar-refractivity contribution in [2.45, 2.75) is 32.4 Å². The Bertz CT molecular complexity index is 594. The first-order chi connectivity index (χ1) is 9.70. The van der Waals surface area contributed by atoms with E-state index in [2.05, 4.69) is 10.3 Å². The van der Waals surface area contributed by atoms with Gasteiger partial charge in [0.25, 0.3) is 0 Å². The maximum atomic E-state index is 6.23. The Morgan fingerprint density at radius 2 is 2.05 bits per heavy atom. The molecule has 2 aromatic rings. The number of ether oxygens (including phenoxy) is 1. The van der Waals surface area contributed by atoms with Crippen LogP contribution >= 0.6 is 11.6 Å². The van der Waals surface area contributed by atoms with Gasteiger partial charge in [-0.05, 0) is 43.5 Å². The molecule has 1 aromatic carbocycles. The fourth-order valence-electron chi connectivity index (χ4n) is 1.90. The lowest BCUT2D eigenvalue weighted by Crippen LogP contribution is -2.15. The van der Waals surface area contributed by atoms with Gasteiger partial charge in [0, 0.05) is 18.8 Å². The van der Waals surface area contributed by atoms with Gasteiger partial charge in [-0.3, -0.25) is 0 Å². The van der Waals surface area contributed by atoms with Crippen LogP contribution in [0.2, 0.25) is 5.02 Å². The van der Waals surface area contributed by atoms with Gasteiger partial charge in [-0.2, -0.15) is 0 Å². The second-order valence-electron chi connectivity index (χ2n) is 5.20. The van der Waals surface area contributed by atoms with E-state index < -0.39 is 0 Å². The summed E-state index contributed by atoms with van der Waals surface area (Å²) in [5.74, 6) is 1.19. The van der Waals surface area contributed by atoms with Crippen molar-refractivity contribution in [2.75, 3.05) is 0 Å². The number of pyridine rings is 1. The van der Waals surface area contributed by atoms with Crippen LogP contribution in [0.1, 0.15) is 24.0 Å². The topological polar surface area (TPSA) is 34.1 Å². The average molecular weight is 289 g/mol. The average Bonchev–Trinajstić information content (AvgIpc) is 3.26. The van der Waals surface area contributed by atoms with Crippen LogP contribution in [0, 0.1) is 6.92 Å². The van der Waals surface area contributed by atoms with Crippen molar-refractivity contribution in [3.63, 3.8) is 0 Å². The van der Waals surface area contributed by atoms with Crippen LogP contribution in [-0.2, 0) is 6.54 Å². The van der Waals surface area contributed by atoms with Crippen LogP contribution in [0.4, 0.5) is 0 Å². The van der Waals surface area contributed by atoms with E-state index in [1.807, 2.05) is 43.5 Å². The first-order valence-corrected chi connectivity index (χ1v) is 7.21. The van der Waals surface area contributed by atoms with Crippen LogP contribution in [-0.4, -0.2) is 11.0 Å². The third-order valence-corrected chi connectivity index (χ3v) is 3.54. The van der Waals surface area contributed by atoms with Gasteiger partial charge in [0.1, 0.15) is 10.8 Å². The minimum atomic E-state index is 0.450. The molecule has 1 heterocycles. The summed E-state index contributed by atoms with van der Waals surface area (Å²) < 4.78 is 5.69. The monoisotopic (exact) mass is 288 g/mol. The lowest BCUT2D eigenvalue weighted by Gasteiger charge is -2.09. The molecule has 1 aliphatic rings. The van der Waals surface area contributed by atoms with Gasteiger partial charge >= 0.3 is 0 Å². The highest BCUT2D eigenvalue weighted by molar-refractivity contribution is 6.31. The summed E-state index contributed by atoms with van der Waals surface area (Å²) >= 11 is 6.23. The molecular weight excluding hydrogens is 272 g/mol. The van der Waals surface area contributed by atoms with E-state index in [4.69, 9.17) is 16.3 Å². The van der Waals surface area contributed by atoms with E-state index in [0.29, 0.717) is 16.9 Å². The van der Waals surface area contributed by atoms with E-state index >= 15 is 0 Å². The molecule has 1 N–H and O–H groups in total. The first-order valence-electron chi connectivity index (χ1n) is 6.83. The molecule has 20 heavy (non-hydrogen) atoms. The highest BCUT2D eigenvalue weighted by atomic mass is 35.5. The van der Waals surface area contributed by atoms with Gasteiger partial charge in [0.2, 0.25) is 5.88 Å². The normalized spacial score (nSPS) is 14.3. The zero-order valence-corrected chi connectivity index (χ0v) is 12.2. The van der Waals surface area contributed by atoms with E-state index in [0.717, 1.165) is 17.9 Å². The quantitative estimate of drug-likeness (QED) is 0.900. The fraction of sp³-hybridized carbons (Fsp3) is 0.312. The number of rotatable bonds is 5. The van der Waals surface area contributed by atoms with Crippen LogP contribution in [0.25, 0.3) is 0 Å². The molecule has 0 unspecified atom stereocenters. The molecule has 3 nitrogen and oxygen atoms in total. The second kappa shape index (κ2) is 5.81. The van der Waals surface area contributed by atoms with Gasteiger partial charge in [-0.15, -0.1) is 0 Å². The lowest BCUT2D eigenvalue weighted by molar-refractivity contribution is 0.462. The summed E-state index contributed by atoms with van der Waals surface area (Å²) in [7, 11) is 0. The Morgan fingerprint density at radius 1 is 1.30 bits per heavy atom.